The van der Waals surface area contributed by atoms with Crippen LogP contribution in [-0.4, -0.2) is 35.2 Å². The number of furan rings is 1. The van der Waals surface area contributed by atoms with Crippen molar-refractivity contribution in [1.82, 2.24) is 20.8 Å². The van der Waals surface area contributed by atoms with Crippen LogP contribution in [0.15, 0.2) is 27.5 Å². The Bertz CT molecular complexity index is 573. The standard InChI is InChI=1S/C14H18N4O3/c19-12(16-11-2-1-6-15-8-11)3-4-13-17-14(18-21-13)10-5-7-20-9-10/h5,7,9,11,15H,1-4,6,8H2,(H,16,19). The van der Waals surface area contributed by atoms with E-state index in [1.807, 2.05) is 0 Å². The number of aryl methyl sites for hydroxylation is 1. The zero-order valence-electron chi connectivity index (χ0n) is 11.7. The lowest BCUT2D eigenvalue weighted by molar-refractivity contribution is -0.121. The first-order chi connectivity index (χ1) is 10.3. The normalized spacial score (nSPS) is 18.6. The minimum atomic E-state index is 0.0201. The van der Waals surface area contributed by atoms with Crippen LogP contribution in [-0.2, 0) is 11.2 Å². The third-order valence-electron chi connectivity index (χ3n) is 3.48. The van der Waals surface area contributed by atoms with Crippen LogP contribution in [0.25, 0.3) is 11.4 Å². The van der Waals surface area contributed by atoms with E-state index in [0.717, 1.165) is 31.5 Å². The maximum absolute atomic E-state index is 11.9. The Morgan fingerprint density at radius 3 is 3.24 bits per heavy atom. The Morgan fingerprint density at radius 2 is 2.48 bits per heavy atom. The Kier molecular flexibility index (Phi) is 4.30. The van der Waals surface area contributed by atoms with E-state index in [9.17, 15) is 4.79 Å². The van der Waals surface area contributed by atoms with Gasteiger partial charge >= 0.3 is 0 Å². The van der Waals surface area contributed by atoms with Gasteiger partial charge in [0.05, 0.1) is 11.8 Å². The Hall–Kier alpha value is -2.15. The number of hydrogen-bond donors (Lipinski definition) is 2. The summed E-state index contributed by atoms with van der Waals surface area (Å²) in [6.07, 6.45) is 6.03. The van der Waals surface area contributed by atoms with Crippen LogP contribution in [0, 0.1) is 0 Å². The first-order valence-corrected chi connectivity index (χ1v) is 7.16. The molecule has 112 valence electrons. The van der Waals surface area contributed by atoms with Gasteiger partial charge in [0.15, 0.2) is 0 Å². The molecule has 3 heterocycles. The monoisotopic (exact) mass is 290 g/mol. The molecule has 2 N–H and O–H groups in total. The van der Waals surface area contributed by atoms with Gasteiger partial charge in [-0.2, -0.15) is 4.98 Å². The molecule has 0 aromatic carbocycles. The highest BCUT2D eigenvalue weighted by molar-refractivity contribution is 5.76. The lowest BCUT2D eigenvalue weighted by atomic mass is 10.1. The quantitative estimate of drug-likeness (QED) is 0.857. The molecule has 7 nitrogen and oxygen atoms in total. The van der Waals surface area contributed by atoms with E-state index in [4.69, 9.17) is 8.94 Å². The predicted octanol–water partition coefficient (Wildman–Crippen LogP) is 1.13. The number of hydrogen-bond acceptors (Lipinski definition) is 6. The van der Waals surface area contributed by atoms with Crippen LogP contribution in [0.2, 0.25) is 0 Å². The highest BCUT2D eigenvalue weighted by Crippen LogP contribution is 2.16. The number of rotatable bonds is 5. The first kappa shape index (κ1) is 13.8. The van der Waals surface area contributed by atoms with E-state index in [1.54, 1.807) is 18.6 Å². The maximum atomic E-state index is 11.9. The van der Waals surface area contributed by atoms with E-state index in [1.165, 1.54) is 0 Å². The number of amides is 1. The molecule has 2 aromatic rings. The van der Waals surface area contributed by atoms with Crippen molar-refractivity contribution in [3.8, 4) is 11.4 Å². The van der Waals surface area contributed by atoms with Crippen LogP contribution in [0.5, 0.6) is 0 Å². The van der Waals surface area contributed by atoms with Crippen molar-refractivity contribution in [2.24, 2.45) is 0 Å². The predicted molar refractivity (Wildman–Crippen MR) is 74.4 cm³/mol. The first-order valence-electron chi connectivity index (χ1n) is 7.16. The average molecular weight is 290 g/mol. The number of carbonyl (C=O) groups is 1. The molecule has 1 aliphatic rings. The summed E-state index contributed by atoms with van der Waals surface area (Å²) in [5.41, 5.74) is 0.766. The molecule has 1 unspecified atom stereocenters. The molecule has 1 aliphatic heterocycles. The van der Waals surface area contributed by atoms with Gasteiger partial charge in [0.25, 0.3) is 0 Å². The van der Waals surface area contributed by atoms with Gasteiger partial charge in [0.1, 0.15) is 6.26 Å². The minimum absolute atomic E-state index is 0.0201. The van der Waals surface area contributed by atoms with Crippen molar-refractivity contribution in [2.75, 3.05) is 13.1 Å². The van der Waals surface area contributed by atoms with E-state index < -0.39 is 0 Å². The van der Waals surface area contributed by atoms with Crippen molar-refractivity contribution in [3.63, 3.8) is 0 Å². The van der Waals surface area contributed by atoms with Crippen LogP contribution >= 0.6 is 0 Å². The van der Waals surface area contributed by atoms with Crippen LogP contribution in [0.1, 0.15) is 25.2 Å². The van der Waals surface area contributed by atoms with Gasteiger partial charge in [-0.1, -0.05) is 5.16 Å². The summed E-state index contributed by atoms with van der Waals surface area (Å²) in [4.78, 5) is 16.1. The number of nitrogens with zero attached hydrogens (tertiary/aromatic N) is 2. The molecule has 2 aromatic heterocycles. The summed E-state index contributed by atoms with van der Waals surface area (Å²) in [5.74, 6) is 0.963. The summed E-state index contributed by atoms with van der Waals surface area (Å²) >= 11 is 0. The number of carbonyl (C=O) groups excluding carboxylic acids is 1. The topological polar surface area (TPSA) is 93.2 Å². The second-order valence-electron chi connectivity index (χ2n) is 5.13. The van der Waals surface area contributed by atoms with Crippen LogP contribution in [0.4, 0.5) is 0 Å². The lowest BCUT2D eigenvalue weighted by Gasteiger charge is -2.23. The molecule has 3 rings (SSSR count). The van der Waals surface area contributed by atoms with E-state index >= 15 is 0 Å². The fourth-order valence-electron chi connectivity index (χ4n) is 2.36. The molecule has 0 bridgehead atoms. The molecule has 7 heteroatoms. The smallest absolute Gasteiger partial charge is 0.227 e. The zero-order valence-corrected chi connectivity index (χ0v) is 11.7. The van der Waals surface area contributed by atoms with Gasteiger partial charge in [-0.25, -0.2) is 0 Å². The molecule has 0 saturated carbocycles. The molecule has 0 spiro atoms. The number of piperidine rings is 1. The molecule has 1 amide bonds. The molecule has 21 heavy (non-hydrogen) atoms. The largest absolute Gasteiger partial charge is 0.472 e. The molecular formula is C14H18N4O3. The Balaban J connectivity index is 1.47. The zero-order chi connectivity index (χ0) is 14.5. The van der Waals surface area contributed by atoms with E-state index in [0.29, 0.717) is 24.6 Å². The second-order valence-corrected chi connectivity index (χ2v) is 5.13. The molecule has 0 radical (unpaired) electrons. The van der Waals surface area contributed by atoms with E-state index in [2.05, 4.69) is 20.8 Å². The minimum Gasteiger partial charge on any atom is -0.472 e. The summed E-state index contributed by atoms with van der Waals surface area (Å²) in [6, 6.07) is 1.99. The van der Waals surface area contributed by atoms with Gasteiger partial charge in [0, 0.05) is 25.4 Å². The fourth-order valence-corrected chi connectivity index (χ4v) is 2.36. The summed E-state index contributed by atoms with van der Waals surface area (Å²) in [6.45, 7) is 1.88. The SMILES string of the molecule is O=C(CCc1nc(-c2ccoc2)no1)NC1CCCNC1. The lowest BCUT2D eigenvalue weighted by Crippen LogP contribution is -2.45. The number of aromatic nitrogens is 2. The van der Waals surface area contributed by atoms with Crippen LogP contribution in [0.3, 0.4) is 0 Å². The third kappa shape index (κ3) is 3.69. The highest BCUT2D eigenvalue weighted by Gasteiger charge is 2.16. The van der Waals surface area contributed by atoms with Gasteiger partial charge in [-0.3, -0.25) is 4.79 Å². The molecular weight excluding hydrogens is 272 g/mol. The fraction of sp³-hybridized carbons (Fsp3) is 0.500. The van der Waals surface area contributed by atoms with Gasteiger partial charge < -0.3 is 19.6 Å². The van der Waals surface area contributed by atoms with Crippen molar-refractivity contribution < 1.29 is 13.7 Å². The second kappa shape index (κ2) is 6.53. The highest BCUT2D eigenvalue weighted by atomic mass is 16.5. The molecule has 0 aliphatic carbocycles. The van der Waals surface area contributed by atoms with Gasteiger partial charge in [0.2, 0.25) is 17.6 Å². The molecule has 1 atom stereocenters. The maximum Gasteiger partial charge on any atom is 0.227 e. The Labute approximate surface area is 122 Å². The summed E-state index contributed by atoms with van der Waals surface area (Å²) < 4.78 is 10.1. The molecule has 1 fully saturated rings. The van der Waals surface area contributed by atoms with Crippen molar-refractivity contribution >= 4 is 5.91 Å². The van der Waals surface area contributed by atoms with Gasteiger partial charge in [-0.05, 0) is 25.5 Å². The van der Waals surface area contributed by atoms with E-state index in [-0.39, 0.29) is 11.9 Å². The average Bonchev–Trinajstić information content (AvgIpc) is 3.17. The number of nitrogens with one attached hydrogen (secondary N) is 2. The van der Waals surface area contributed by atoms with Crippen molar-refractivity contribution in [3.05, 3.63) is 24.5 Å². The Morgan fingerprint density at radius 1 is 1.52 bits per heavy atom. The summed E-state index contributed by atoms with van der Waals surface area (Å²) in [5, 5.41) is 10.2. The van der Waals surface area contributed by atoms with Crippen molar-refractivity contribution in [2.45, 2.75) is 31.7 Å². The van der Waals surface area contributed by atoms with Crippen LogP contribution < -0.4 is 10.6 Å². The third-order valence-corrected chi connectivity index (χ3v) is 3.48. The molecule has 1 saturated heterocycles. The van der Waals surface area contributed by atoms with Crippen molar-refractivity contribution in [1.29, 1.82) is 0 Å². The van der Waals surface area contributed by atoms with Gasteiger partial charge in [-0.15, -0.1) is 0 Å². The summed E-state index contributed by atoms with van der Waals surface area (Å²) in [7, 11) is 0.